The first-order chi connectivity index (χ1) is 27.8. The number of phenolic OH excluding ortho intramolecular Hbond substituents is 2. The van der Waals surface area contributed by atoms with E-state index in [2.05, 4.69) is 15.0 Å². The highest BCUT2D eigenvalue weighted by Crippen LogP contribution is 2.36. The molecule has 67 heavy (non-hydrogen) atoms. The second-order valence-corrected chi connectivity index (χ2v) is 13.9. The van der Waals surface area contributed by atoms with Crippen LogP contribution in [-0.2, 0) is 28.7 Å². The van der Waals surface area contributed by atoms with Gasteiger partial charge in [-0.05, 0) is 102 Å². The molecule has 0 fully saturated rings. The molecule has 382 valence electrons. The molecule has 0 saturated carbocycles. The quantitative estimate of drug-likeness (QED) is 0.0497. The van der Waals surface area contributed by atoms with Crippen molar-refractivity contribution in [2.75, 3.05) is 20.3 Å². The van der Waals surface area contributed by atoms with E-state index < -0.39 is 18.2 Å². The monoisotopic (exact) mass is 944 g/mol. The van der Waals surface area contributed by atoms with Gasteiger partial charge in [0, 0.05) is 30.5 Å². The van der Waals surface area contributed by atoms with Crippen molar-refractivity contribution in [3.8, 4) is 62.9 Å². The lowest BCUT2D eigenvalue weighted by Crippen LogP contribution is -2.26. The zero-order chi connectivity index (χ0) is 42.0. The first-order valence-corrected chi connectivity index (χ1v) is 19.6. The molecule has 0 aliphatic heterocycles. The van der Waals surface area contributed by atoms with Gasteiger partial charge in [-0.15, -0.1) is 0 Å². The molecule has 2 N–H and O–H groups in total. The van der Waals surface area contributed by atoms with Gasteiger partial charge >= 0.3 is 11.9 Å². The number of aromatic hydroxyl groups is 2. The number of carbonyl (C=O) groups excluding carboxylic acids is 4. The second kappa shape index (κ2) is 37.1. The number of phenols is 2. The maximum absolute atomic E-state index is 12.6. The fraction of sp³-hybridized carbons (Fsp3) is 0.528. The lowest BCUT2D eigenvalue weighted by Gasteiger charge is -2.15. The maximum Gasteiger partial charge on any atom is 0.347 e. The minimum atomic E-state index is -0.990. The molecule has 0 saturated heterocycles. The minimum Gasteiger partial charge on any atom is -0.507 e. The zero-order valence-corrected chi connectivity index (χ0v) is 33.8. The Labute approximate surface area is 405 Å². The van der Waals surface area contributed by atoms with Gasteiger partial charge in [0.2, 0.25) is 0 Å². The molecule has 1 aromatic heterocycles. The zero-order valence-electron chi connectivity index (χ0n) is 33.8. The number of ketones is 2. The highest BCUT2D eigenvalue weighted by molar-refractivity contribution is 5.80. The van der Waals surface area contributed by atoms with E-state index in [4.69, 9.17) is 23.7 Å². The third kappa shape index (κ3) is 23.8. The summed E-state index contributed by atoms with van der Waals surface area (Å²) in [6.45, 7) is 6.53. The molecule has 0 aliphatic rings. The van der Waals surface area contributed by atoms with E-state index in [0.29, 0.717) is 37.0 Å². The van der Waals surface area contributed by atoms with E-state index in [1.807, 2.05) is 0 Å². The number of benzene rings is 3. The van der Waals surface area contributed by atoms with Gasteiger partial charge in [-0.1, -0.05) is 92.5 Å². The van der Waals surface area contributed by atoms with Crippen LogP contribution in [-0.4, -0.2) is 81.2 Å². The van der Waals surface area contributed by atoms with Gasteiger partial charge in [0.15, 0.2) is 35.5 Å². The van der Waals surface area contributed by atoms with Crippen LogP contribution in [0.4, 0.5) is 0 Å². The molecule has 14 heteroatoms. The molecule has 4 rings (SSSR count). The molecule has 0 bridgehead atoms. The van der Waals surface area contributed by atoms with Crippen LogP contribution in [0.5, 0.6) is 28.7 Å². The lowest BCUT2D eigenvalue weighted by atomic mass is 10.1. The first kappa shape index (κ1) is 72.5. The molecule has 0 spiro atoms. The van der Waals surface area contributed by atoms with E-state index in [1.54, 1.807) is 69.5 Å². The van der Waals surface area contributed by atoms with Crippen LogP contribution in [0.1, 0.15) is 159 Å². The molecule has 1 heterocycles. The van der Waals surface area contributed by atoms with Crippen LogP contribution < -0.4 is 14.2 Å². The third-order valence-electron chi connectivity index (χ3n) is 9.14. The average molecular weight is 944 g/mol. The summed E-state index contributed by atoms with van der Waals surface area (Å²) < 4.78 is 27.3. The molecular formula is C53H89N3O11. The Morgan fingerprint density at radius 2 is 0.940 bits per heavy atom. The van der Waals surface area contributed by atoms with E-state index in [-0.39, 0.29) is 149 Å². The van der Waals surface area contributed by atoms with Gasteiger partial charge in [0.25, 0.3) is 0 Å². The maximum atomic E-state index is 12.6. The number of Topliss-reactive ketones (excluding diaryl/α,β-unsaturated/α-hetero) is 2. The predicted octanol–water partition coefficient (Wildman–Crippen LogP) is 13.7. The molecule has 4 aromatic rings. The second-order valence-electron chi connectivity index (χ2n) is 13.9. The summed E-state index contributed by atoms with van der Waals surface area (Å²) in [6.07, 6.45) is 6.11. The van der Waals surface area contributed by atoms with Crippen molar-refractivity contribution in [2.45, 2.75) is 171 Å². The summed E-state index contributed by atoms with van der Waals surface area (Å²) in [4.78, 5) is 61.1. The van der Waals surface area contributed by atoms with Gasteiger partial charge in [-0.25, -0.2) is 19.7 Å². The molecule has 0 amide bonds. The van der Waals surface area contributed by atoms with Crippen molar-refractivity contribution in [3.63, 3.8) is 0 Å². The highest BCUT2D eigenvalue weighted by Gasteiger charge is 2.21. The topological polar surface area (TPSA) is 194 Å². The molecule has 2 atom stereocenters. The lowest BCUT2D eigenvalue weighted by molar-refractivity contribution is -0.151. The Morgan fingerprint density at radius 1 is 0.522 bits per heavy atom. The number of esters is 2. The van der Waals surface area contributed by atoms with Gasteiger partial charge in [0.1, 0.15) is 34.5 Å². The van der Waals surface area contributed by atoms with Crippen molar-refractivity contribution in [2.24, 2.45) is 0 Å². The number of methoxy groups -OCH3 is 1. The van der Waals surface area contributed by atoms with Gasteiger partial charge in [-0.3, -0.25) is 9.59 Å². The SMILES string of the molecule is C.C.C.C.C.C.C.C.C.COc1ccc(-c2nc(-c3ccc(OC(C)C(C)=O)cc3O)nc(-c3ccc(OC(C)C(=O)OCCCCOC(=O)CCCCCCCCC(C)=O)cc3O)n2)cc1. The average Bonchev–Trinajstić information content (AvgIpc) is 3.19. The van der Waals surface area contributed by atoms with E-state index in [0.717, 1.165) is 38.5 Å². The number of carbonyl (C=O) groups is 4. The normalized spacial score (nSPS) is 10.3. The number of hydrogen-bond donors (Lipinski definition) is 2. The molecule has 3 aromatic carbocycles. The Kier molecular flexibility index (Phi) is 40.2. The molecule has 0 aliphatic carbocycles. The van der Waals surface area contributed by atoms with E-state index >= 15 is 0 Å². The Balaban J connectivity index is -0.00000103. The summed E-state index contributed by atoms with van der Waals surface area (Å²) >= 11 is 0. The number of aromatic nitrogens is 3. The van der Waals surface area contributed by atoms with Crippen LogP contribution in [0.25, 0.3) is 34.2 Å². The van der Waals surface area contributed by atoms with Crippen molar-refractivity contribution < 1.29 is 53.1 Å². The van der Waals surface area contributed by atoms with Crippen molar-refractivity contribution >= 4 is 23.5 Å². The highest BCUT2D eigenvalue weighted by atomic mass is 16.6. The third-order valence-corrected chi connectivity index (χ3v) is 9.14. The molecule has 2 unspecified atom stereocenters. The fourth-order valence-corrected chi connectivity index (χ4v) is 5.68. The number of rotatable bonds is 24. The first-order valence-electron chi connectivity index (χ1n) is 19.6. The van der Waals surface area contributed by atoms with Crippen molar-refractivity contribution in [1.29, 1.82) is 0 Å². The standard InChI is InChI=1S/C44H53N3O11.9CH4/c1-28(48)14-10-8-6-7-9-11-15-40(52)55-24-12-13-25-56-44(53)31(4)58-35-21-23-37(39(51)27-35)43-46-41(32-16-18-33(54-5)19-17-32)45-42(47-43)36-22-20-34(26-38(36)50)57-30(3)29(2)49;;;;;;;;;/h16-23,26-27,30-31,50-51H,6-15,24-25H2,1-5H3;9*1H4. The molecular weight excluding hydrogens is 855 g/mol. The largest absolute Gasteiger partial charge is 0.507 e. The van der Waals surface area contributed by atoms with Crippen molar-refractivity contribution in [1.82, 2.24) is 15.0 Å². The molecule has 0 radical (unpaired) electrons. The number of nitrogens with zero attached hydrogens (tertiary/aromatic N) is 3. The van der Waals surface area contributed by atoms with Crippen LogP contribution in [0, 0.1) is 0 Å². The Hall–Kier alpha value is -6.05. The summed E-state index contributed by atoms with van der Waals surface area (Å²) in [5.41, 5.74) is 1.10. The predicted molar refractivity (Wildman–Crippen MR) is 276 cm³/mol. The Bertz CT molecular complexity index is 2000. The van der Waals surface area contributed by atoms with E-state index in [1.165, 1.54) is 26.0 Å². The molecule has 14 nitrogen and oxygen atoms in total. The Morgan fingerprint density at radius 3 is 1.39 bits per heavy atom. The summed E-state index contributed by atoms with van der Waals surface area (Å²) in [6, 6.07) is 16.0. The minimum absolute atomic E-state index is 0. The number of ether oxygens (including phenoxy) is 5. The summed E-state index contributed by atoms with van der Waals surface area (Å²) in [5.74, 6) is 0.340. The van der Waals surface area contributed by atoms with Crippen LogP contribution in [0.15, 0.2) is 60.7 Å². The summed E-state index contributed by atoms with van der Waals surface area (Å²) in [5, 5.41) is 22.1. The van der Waals surface area contributed by atoms with Gasteiger partial charge in [-0.2, -0.15) is 0 Å². The number of unbranched alkanes of at least 4 members (excludes halogenated alkanes) is 6. The van der Waals surface area contributed by atoms with Crippen LogP contribution in [0.2, 0.25) is 0 Å². The van der Waals surface area contributed by atoms with Crippen LogP contribution >= 0.6 is 0 Å². The van der Waals surface area contributed by atoms with Crippen LogP contribution in [0.3, 0.4) is 0 Å². The van der Waals surface area contributed by atoms with Gasteiger partial charge in [0.05, 0.1) is 31.5 Å². The smallest absolute Gasteiger partial charge is 0.347 e. The fourth-order valence-electron chi connectivity index (χ4n) is 5.68. The summed E-state index contributed by atoms with van der Waals surface area (Å²) in [7, 11) is 1.55. The van der Waals surface area contributed by atoms with Gasteiger partial charge < -0.3 is 38.7 Å². The van der Waals surface area contributed by atoms with E-state index in [9.17, 15) is 29.4 Å². The van der Waals surface area contributed by atoms with Crippen molar-refractivity contribution in [3.05, 3.63) is 60.7 Å². The number of hydrogen-bond acceptors (Lipinski definition) is 14.